The molecule has 0 bridgehead atoms. The van der Waals surface area contributed by atoms with Gasteiger partial charge < -0.3 is 9.84 Å². The summed E-state index contributed by atoms with van der Waals surface area (Å²) in [5, 5.41) is 8.78. The molecule has 0 aliphatic heterocycles. The van der Waals surface area contributed by atoms with E-state index in [4.69, 9.17) is 9.84 Å². The zero-order valence-corrected chi connectivity index (χ0v) is 13.4. The lowest BCUT2D eigenvalue weighted by molar-refractivity contribution is 0.0697. The van der Waals surface area contributed by atoms with Crippen molar-refractivity contribution in [1.29, 1.82) is 0 Å². The molecular formula is C18H27FO3. The largest absolute Gasteiger partial charge is 0.491 e. The monoisotopic (exact) mass is 310 g/mol. The van der Waals surface area contributed by atoms with Crippen LogP contribution in [0.4, 0.5) is 4.39 Å². The van der Waals surface area contributed by atoms with Gasteiger partial charge in [-0.3, -0.25) is 0 Å². The van der Waals surface area contributed by atoms with Crippen molar-refractivity contribution in [1.82, 2.24) is 0 Å². The third-order valence-electron chi connectivity index (χ3n) is 3.65. The average Bonchev–Trinajstić information content (AvgIpc) is 2.52. The van der Waals surface area contributed by atoms with E-state index in [-0.39, 0.29) is 12.2 Å². The number of hydrogen-bond donors (Lipinski definition) is 1. The standard InChI is InChI=1S/C18H27FO3/c1-2-3-4-5-6-7-8-9-16(19)14-22-17-12-10-15(11-13-17)18(20)21/h10-13,16H,2-9,14H2,1H3,(H,20,21). The Morgan fingerprint density at radius 1 is 1.09 bits per heavy atom. The van der Waals surface area contributed by atoms with Crippen LogP contribution in [0.1, 0.15) is 68.6 Å². The second-order valence-electron chi connectivity index (χ2n) is 5.65. The van der Waals surface area contributed by atoms with Crippen molar-refractivity contribution >= 4 is 5.97 Å². The Kier molecular flexibility index (Phi) is 9.28. The molecular weight excluding hydrogens is 283 g/mol. The van der Waals surface area contributed by atoms with Gasteiger partial charge in [-0.25, -0.2) is 9.18 Å². The van der Waals surface area contributed by atoms with Crippen molar-refractivity contribution in [2.75, 3.05) is 6.61 Å². The number of benzene rings is 1. The second kappa shape index (κ2) is 11.0. The van der Waals surface area contributed by atoms with Crippen LogP contribution in [0.15, 0.2) is 24.3 Å². The van der Waals surface area contributed by atoms with Crippen LogP contribution >= 0.6 is 0 Å². The molecule has 1 aromatic carbocycles. The molecule has 1 atom stereocenters. The van der Waals surface area contributed by atoms with Crippen LogP contribution in [-0.2, 0) is 0 Å². The lowest BCUT2D eigenvalue weighted by Gasteiger charge is -2.10. The third kappa shape index (κ3) is 8.01. The number of aromatic carboxylic acids is 1. The minimum absolute atomic E-state index is 0.0300. The normalized spacial score (nSPS) is 12.1. The third-order valence-corrected chi connectivity index (χ3v) is 3.65. The zero-order chi connectivity index (χ0) is 16.2. The fraction of sp³-hybridized carbons (Fsp3) is 0.611. The fourth-order valence-electron chi connectivity index (χ4n) is 2.29. The SMILES string of the molecule is CCCCCCCCCC(F)COc1ccc(C(=O)O)cc1. The van der Waals surface area contributed by atoms with E-state index in [1.807, 2.05) is 0 Å². The molecule has 4 heteroatoms. The van der Waals surface area contributed by atoms with Crippen molar-refractivity contribution in [3.8, 4) is 5.75 Å². The van der Waals surface area contributed by atoms with Crippen LogP contribution in [0, 0.1) is 0 Å². The topological polar surface area (TPSA) is 46.5 Å². The van der Waals surface area contributed by atoms with Crippen LogP contribution in [-0.4, -0.2) is 23.9 Å². The van der Waals surface area contributed by atoms with Gasteiger partial charge in [0.15, 0.2) is 0 Å². The molecule has 0 spiro atoms. The molecule has 1 N–H and O–H groups in total. The molecule has 124 valence electrons. The Morgan fingerprint density at radius 3 is 2.27 bits per heavy atom. The molecule has 1 rings (SSSR count). The molecule has 0 saturated carbocycles. The highest BCUT2D eigenvalue weighted by Gasteiger charge is 2.08. The first kappa shape index (κ1) is 18.5. The summed E-state index contributed by atoms with van der Waals surface area (Å²) >= 11 is 0. The molecule has 22 heavy (non-hydrogen) atoms. The van der Waals surface area contributed by atoms with Crippen LogP contribution < -0.4 is 4.74 Å². The van der Waals surface area contributed by atoms with Gasteiger partial charge in [0.25, 0.3) is 0 Å². The molecule has 0 aromatic heterocycles. The van der Waals surface area contributed by atoms with Gasteiger partial charge in [0.1, 0.15) is 18.5 Å². The maximum Gasteiger partial charge on any atom is 0.335 e. The maximum atomic E-state index is 13.7. The molecule has 0 radical (unpaired) electrons. The van der Waals surface area contributed by atoms with Crippen molar-refractivity contribution in [3.63, 3.8) is 0 Å². The molecule has 1 aromatic rings. The molecule has 0 amide bonds. The van der Waals surface area contributed by atoms with Crippen molar-refractivity contribution < 1.29 is 19.0 Å². The van der Waals surface area contributed by atoms with Gasteiger partial charge in [-0.15, -0.1) is 0 Å². The van der Waals surface area contributed by atoms with E-state index in [1.165, 1.54) is 44.2 Å². The van der Waals surface area contributed by atoms with E-state index in [2.05, 4.69) is 6.92 Å². The lowest BCUT2D eigenvalue weighted by atomic mass is 10.1. The van der Waals surface area contributed by atoms with Crippen LogP contribution in [0.25, 0.3) is 0 Å². The summed E-state index contributed by atoms with van der Waals surface area (Å²) in [6, 6.07) is 6.04. The zero-order valence-electron chi connectivity index (χ0n) is 13.4. The van der Waals surface area contributed by atoms with Gasteiger partial charge in [0, 0.05) is 0 Å². The number of halogens is 1. The highest BCUT2D eigenvalue weighted by Crippen LogP contribution is 2.15. The van der Waals surface area contributed by atoms with Gasteiger partial charge in [-0.1, -0.05) is 51.9 Å². The number of carboxylic acid groups (broad SMARTS) is 1. The molecule has 0 aliphatic rings. The Hall–Kier alpha value is -1.58. The molecule has 0 saturated heterocycles. The number of rotatable bonds is 12. The lowest BCUT2D eigenvalue weighted by Crippen LogP contribution is -2.12. The second-order valence-corrected chi connectivity index (χ2v) is 5.65. The van der Waals surface area contributed by atoms with Crippen molar-refractivity contribution in [3.05, 3.63) is 29.8 Å². The fourth-order valence-corrected chi connectivity index (χ4v) is 2.29. The minimum Gasteiger partial charge on any atom is -0.491 e. The maximum absolute atomic E-state index is 13.7. The Balaban J connectivity index is 2.10. The Labute approximate surface area is 132 Å². The predicted molar refractivity (Wildman–Crippen MR) is 86.4 cm³/mol. The number of alkyl halides is 1. The van der Waals surface area contributed by atoms with Crippen molar-refractivity contribution in [2.24, 2.45) is 0 Å². The van der Waals surface area contributed by atoms with E-state index in [1.54, 1.807) is 12.1 Å². The summed E-state index contributed by atoms with van der Waals surface area (Å²) in [6.45, 7) is 2.23. The number of carboxylic acids is 1. The smallest absolute Gasteiger partial charge is 0.335 e. The van der Waals surface area contributed by atoms with E-state index >= 15 is 0 Å². The van der Waals surface area contributed by atoms with E-state index in [0.717, 1.165) is 12.8 Å². The Bertz CT molecular complexity index is 417. The van der Waals surface area contributed by atoms with Gasteiger partial charge in [0.05, 0.1) is 5.56 Å². The van der Waals surface area contributed by atoms with Crippen molar-refractivity contribution in [2.45, 2.75) is 64.5 Å². The van der Waals surface area contributed by atoms with E-state index in [9.17, 15) is 9.18 Å². The minimum atomic E-state index is -0.978. The van der Waals surface area contributed by atoms with E-state index < -0.39 is 12.1 Å². The van der Waals surface area contributed by atoms with Gasteiger partial charge >= 0.3 is 5.97 Å². The quantitative estimate of drug-likeness (QED) is 0.537. The Morgan fingerprint density at radius 2 is 1.68 bits per heavy atom. The predicted octanol–water partition coefficient (Wildman–Crippen LogP) is 5.24. The molecule has 0 aliphatic carbocycles. The van der Waals surface area contributed by atoms with Crippen LogP contribution in [0.5, 0.6) is 5.75 Å². The highest BCUT2D eigenvalue weighted by atomic mass is 19.1. The van der Waals surface area contributed by atoms with Crippen LogP contribution in [0.3, 0.4) is 0 Å². The van der Waals surface area contributed by atoms with Gasteiger partial charge in [-0.05, 0) is 30.7 Å². The number of ether oxygens (including phenoxy) is 1. The number of unbranched alkanes of at least 4 members (excludes halogenated alkanes) is 6. The first-order chi connectivity index (χ1) is 10.6. The summed E-state index contributed by atoms with van der Waals surface area (Å²) in [5.74, 6) is -0.471. The van der Waals surface area contributed by atoms with Crippen LogP contribution in [0.2, 0.25) is 0 Å². The first-order valence-corrected chi connectivity index (χ1v) is 8.23. The first-order valence-electron chi connectivity index (χ1n) is 8.23. The number of hydrogen-bond acceptors (Lipinski definition) is 2. The molecule has 0 heterocycles. The van der Waals surface area contributed by atoms with E-state index in [0.29, 0.717) is 12.2 Å². The number of carbonyl (C=O) groups is 1. The molecule has 0 fully saturated rings. The molecule has 1 unspecified atom stereocenters. The highest BCUT2D eigenvalue weighted by molar-refractivity contribution is 5.87. The van der Waals surface area contributed by atoms with Gasteiger partial charge in [-0.2, -0.15) is 0 Å². The average molecular weight is 310 g/mol. The van der Waals surface area contributed by atoms with Gasteiger partial charge in [0.2, 0.25) is 0 Å². The molecule has 3 nitrogen and oxygen atoms in total. The summed E-state index contributed by atoms with van der Waals surface area (Å²) in [7, 11) is 0. The summed E-state index contributed by atoms with van der Waals surface area (Å²) in [5.41, 5.74) is 0.201. The summed E-state index contributed by atoms with van der Waals surface area (Å²) < 4.78 is 19.1. The summed E-state index contributed by atoms with van der Waals surface area (Å²) in [4.78, 5) is 10.7. The summed E-state index contributed by atoms with van der Waals surface area (Å²) in [6.07, 6.45) is 7.80.